The van der Waals surface area contributed by atoms with E-state index in [2.05, 4.69) is 50.6 Å². The van der Waals surface area contributed by atoms with Crippen molar-refractivity contribution in [2.45, 2.75) is 0 Å². The highest BCUT2D eigenvalue weighted by atomic mass is 16.7. The number of carbonyl (C=O) groups excluding carboxylic acids is 3. The Morgan fingerprint density at radius 1 is 0.521 bits per heavy atom. The summed E-state index contributed by atoms with van der Waals surface area (Å²) in [6.07, 6.45) is 3.11. The maximum Gasteiger partial charge on any atom is 0.333 e. The van der Waals surface area contributed by atoms with E-state index in [4.69, 9.17) is 28.4 Å². The second-order valence-electron chi connectivity index (χ2n) is 9.05. The summed E-state index contributed by atoms with van der Waals surface area (Å²) in [5.74, 6) is -0.160. The maximum atomic E-state index is 11.3. The van der Waals surface area contributed by atoms with Gasteiger partial charge in [-0.25, -0.2) is 14.4 Å². The normalized spacial score (nSPS) is 10.0. The zero-order chi connectivity index (χ0) is 34.1. The molecule has 4 aromatic rings. The molecule has 48 heavy (non-hydrogen) atoms. The van der Waals surface area contributed by atoms with Gasteiger partial charge in [0.1, 0.15) is 17.2 Å². The van der Waals surface area contributed by atoms with Crippen molar-refractivity contribution >= 4 is 52.8 Å². The predicted octanol–water partition coefficient (Wildman–Crippen LogP) is 5.30. The molecule has 0 radical (unpaired) electrons. The maximum absolute atomic E-state index is 11.3. The topological polar surface area (TPSA) is 181 Å². The van der Waals surface area contributed by atoms with Crippen LogP contribution in [0.15, 0.2) is 111 Å². The standard InChI is InChI=1S/C33H30N6O9/c1-4-28(40)46-19-43-25-13-7-10-22(16-25)34-31-37-32(35-23-11-8-14-26(17-23)44-20-47-29(41)5-2)39-33(38-31)36-24-12-9-15-27(18-24)45-21-48-30(42)6-3/h4-18H,1-3,19-21H2,(H3,34,35,36,37,38,39). The van der Waals surface area contributed by atoms with Crippen molar-refractivity contribution in [3.8, 4) is 17.2 Å². The molecule has 0 amide bonds. The summed E-state index contributed by atoms with van der Waals surface area (Å²) in [6, 6.07) is 20.5. The molecule has 15 nitrogen and oxygen atoms in total. The molecule has 3 N–H and O–H groups in total. The van der Waals surface area contributed by atoms with E-state index in [1.807, 2.05) is 0 Å². The molecule has 3 aromatic carbocycles. The number of benzene rings is 3. The van der Waals surface area contributed by atoms with Crippen LogP contribution >= 0.6 is 0 Å². The fourth-order valence-electron chi connectivity index (χ4n) is 3.57. The van der Waals surface area contributed by atoms with Gasteiger partial charge in [0.05, 0.1) is 0 Å². The van der Waals surface area contributed by atoms with Gasteiger partial charge in [-0.05, 0) is 36.4 Å². The van der Waals surface area contributed by atoms with Crippen LogP contribution in [0.2, 0.25) is 0 Å². The molecule has 0 aliphatic heterocycles. The van der Waals surface area contributed by atoms with Crippen LogP contribution in [0.5, 0.6) is 17.2 Å². The molecular weight excluding hydrogens is 624 g/mol. The Bertz CT molecular complexity index is 1570. The highest BCUT2D eigenvalue weighted by Gasteiger charge is 2.11. The lowest BCUT2D eigenvalue weighted by molar-refractivity contribution is -0.145. The minimum Gasteiger partial charge on any atom is -0.457 e. The molecule has 4 rings (SSSR count). The second-order valence-corrected chi connectivity index (χ2v) is 9.05. The summed E-state index contributed by atoms with van der Waals surface area (Å²) in [7, 11) is 0. The molecule has 1 aromatic heterocycles. The Hall–Kier alpha value is -6.90. The number of nitrogens with zero attached hydrogens (tertiary/aromatic N) is 3. The number of rotatable bonds is 18. The van der Waals surface area contributed by atoms with Gasteiger partial charge < -0.3 is 44.4 Å². The summed E-state index contributed by atoms with van der Waals surface area (Å²) in [4.78, 5) is 47.4. The number of aromatic nitrogens is 3. The van der Waals surface area contributed by atoms with Crippen molar-refractivity contribution < 1.29 is 42.8 Å². The molecule has 0 saturated heterocycles. The van der Waals surface area contributed by atoms with Gasteiger partial charge in [-0.1, -0.05) is 37.9 Å². The molecule has 0 unspecified atom stereocenters. The average molecular weight is 655 g/mol. The van der Waals surface area contributed by atoms with Crippen molar-refractivity contribution in [3.63, 3.8) is 0 Å². The van der Waals surface area contributed by atoms with Crippen LogP contribution in [0.3, 0.4) is 0 Å². The molecule has 0 fully saturated rings. The molecule has 0 spiro atoms. The van der Waals surface area contributed by atoms with Gasteiger partial charge in [-0.2, -0.15) is 15.0 Å². The van der Waals surface area contributed by atoms with Crippen molar-refractivity contribution in [1.29, 1.82) is 0 Å². The summed E-state index contributed by atoms with van der Waals surface area (Å²) >= 11 is 0. The number of esters is 3. The van der Waals surface area contributed by atoms with Crippen LogP contribution in [0, 0.1) is 0 Å². The molecule has 246 valence electrons. The van der Waals surface area contributed by atoms with E-state index in [0.29, 0.717) is 34.3 Å². The molecule has 0 atom stereocenters. The first-order chi connectivity index (χ1) is 23.3. The van der Waals surface area contributed by atoms with Crippen LogP contribution in [-0.2, 0) is 28.6 Å². The van der Waals surface area contributed by atoms with E-state index in [9.17, 15) is 14.4 Å². The van der Waals surface area contributed by atoms with Crippen LogP contribution in [0.4, 0.5) is 34.9 Å². The molecule has 15 heteroatoms. The zero-order valence-electron chi connectivity index (χ0n) is 25.4. The Balaban J connectivity index is 1.55. The zero-order valence-corrected chi connectivity index (χ0v) is 25.4. The summed E-state index contributed by atoms with van der Waals surface area (Å²) < 4.78 is 31.1. The van der Waals surface area contributed by atoms with Gasteiger partial charge in [0, 0.05) is 53.5 Å². The van der Waals surface area contributed by atoms with Gasteiger partial charge in [0.25, 0.3) is 0 Å². The largest absolute Gasteiger partial charge is 0.457 e. The average Bonchev–Trinajstić information content (AvgIpc) is 3.08. The predicted molar refractivity (Wildman–Crippen MR) is 174 cm³/mol. The van der Waals surface area contributed by atoms with Crippen molar-refractivity contribution in [3.05, 3.63) is 111 Å². The lowest BCUT2D eigenvalue weighted by atomic mass is 10.3. The van der Waals surface area contributed by atoms with Crippen LogP contribution in [-0.4, -0.2) is 53.2 Å². The highest BCUT2D eigenvalue weighted by Crippen LogP contribution is 2.26. The smallest absolute Gasteiger partial charge is 0.333 e. The van der Waals surface area contributed by atoms with Gasteiger partial charge in [0.2, 0.25) is 38.2 Å². The lowest BCUT2D eigenvalue weighted by Crippen LogP contribution is -2.09. The quantitative estimate of drug-likeness (QED) is 0.0544. The molecule has 1 heterocycles. The Morgan fingerprint density at radius 3 is 1.08 bits per heavy atom. The molecule has 0 aliphatic rings. The molecule has 0 bridgehead atoms. The molecular formula is C33H30N6O9. The first-order valence-corrected chi connectivity index (χ1v) is 14.0. The number of hydrogen-bond donors (Lipinski definition) is 3. The van der Waals surface area contributed by atoms with E-state index >= 15 is 0 Å². The number of anilines is 6. The summed E-state index contributed by atoms with van der Waals surface area (Å²) in [6.45, 7) is 9.12. The minimum absolute atomic E-state index is 0.151. The third-order valence-corrected chi connectivity index (χ3v) is 5.69. The van der Waals surface area contributed by atoms with Crippen LogP contribution in [0.25, 0.3) is 0 Å². The van der Waals surface area contributed by atoms with Crippen molar-refractivity contribution in [2.75, 3.05) is 36.3 Å². The van der Waals surface area contributed by atoms with E-state index < -0.39 is 17.9 Å². The lowest BCUT2D eigenvalue weighted by Gasteiger charge is -2.13. The van der Waals surface area contributed by atoms with E-state index in [0.717, 1.165) is 18.2 Å². The minimum atomic E-state index is -0.615. The number of nitrogens with one attached hydrogen (secondary N) is 3. The first kappa shape index (κ1) is 34.0. The van der Waals surface area contributed by atoms with Gasteiger partial charge in [-0.3, -0.25) is 0 Å². The fraction of sp³-hybridized carbons (Fsp3) is 0.0909. The summed E-state index contributed by atoms with van der Waals surface area (Å²) in [5.41, 5.74) is 1.67. The number of ether oxygens (including phenoxy) is 6. The molecule has 0 aliphatic carbocycles. The first-order valence-electron chi connectivity index (χ1n) is 14.0. The van der Waals surface area contributed by atoms with Crippen molar-refractivity contribution in [1.82, 2.24) is 15.0 Å². The third-order valence-electron chi connectivity index (χ3n) is 5.69. The van der Waals surface area contributed by atoms with E-state index in [1.54, 1.807) is 72.8 Å². The monoisotopic (exact) mass is 654 g/mol. The van der Waals surface area contributed by atoms with Crippen LogP contribution < -0.4 is 30.2 Å². The Kier molecular flexibility index (Phi) is 12.4. The molecule has 0 saturated carbocycles. The number of hydrogen-bond acceptors (Lipinski definition) is 15. The summed E-state index contributed by atoms with van der Waals surface area (Å²) in [5, 5.41) is 9.33. The van der Waals surface area contributed by atoms with Gasteiger partial charge in [0.15, 0.2) is 0 Å². The fourth-order valence-corrected chi connectivity index (χ4v) is 3.57. The van der Waals surface area contributed by atoms with Crippen LogP contribution in [0.1, 0.15) is 0 Å². The van der Waals surface area contributed by atoms with E-state index in [-0.39, 0.29) is 38.2 Å². The third kappa shape index (κ3) is 11.2. The Labute approximate surface area is 274 Å². The van der Waals surface area contributed by atoms with Gasteiger partial charge >= 0.3 is 17.9 Å². The van der Waals surface area contributed by atoms with E-state index in [1.165, 1.54) is 0 Å². The van der Waals surface area contributed by atoms with Gasteiger partial charge in [-0.15, -0.1) is 0 Å². The highest BCUT2D eigenvalue weighted by molar-refractivity contribution is 5.81. The number of carbonyl (C=O) groups is 3. The SMILES string of the molecule is C=CC(=O)OCOc1cccc(Nc2nc(Nc3cccc(OCOC(=O)C=C)c3)nc(Nc3cccc(OCOC(=O)C=C)c3)n2)c1. The Morgan fingerprint density at radius 2 is 0.812 bits per heavy atom. The second kappa shape index (κ2) is 17.6. The van der Waals surface area contributed by atoms with Crippen molar-refractivity contribution in [2.24, 2.45) is 0 Å².